The lowest BCUT2D eigenvalue weighted by molar-refractivity contribution is -0.122. The molecule has 30 heavy (non-hydrogen) atoms. The van der Waals surface area contributed by atoms with E-state index in [1.165, 1.54) is 0 Å². The standard InChI is InChI=1S/C24H24BrNO4/c1-3-30-21-12-16(9-18(25)24(21)29-2)17-13-22(28)26-19-10-15(11-20(27)23(17)19)14-7-5-4-6-8-14/h4-9,12,15,17H,3,10-11,13H2,1-2H3,(H,26,28). The molecule has 5 nitrogen and oxygen atoms in total. The van der Waals surface area contributed by atoms with Crippen molar-refractivity contribution >= 4 is 27.6 Å². The largest absolute Gasteiger partial charge is 0.492 e. The maximum absolute atomic E-state index is 13.2. The van der Waals surface area contributed by atoms with Gasteiger partial charge in [-0.3, -0.25) is 9.59 Å². The van der Waals surface area contributed by atoms with Crippen molar-refractivity contribution in [1.29, 1.82) is 0 Å². The molecule has 1 heterocycles. The number of hydrogen-bond acceptors (Lipinski definition) is 4. The highest BCUT2D eigenvalue weighted by atomic mass is 79.9. The molecule has 2 unspecified atom stereocenters. The number of amides is 1. The Kier molecular flexibility index (Phi) is 5.95. The summed E-state index contributed by atoms with van der Waals surface area (Å²) in [6.07, 6.45) is 1.35. The Hall–Kier alpha value is -2.60. The number of methoxy groups -OCH3 is 1. The zero-order valence-corrected chi connectivity index (χ0v) is 18.6. The van der Waals surface area contributed by atoms with E-state index in [9.17, 15) is 9.59 Å². The van der Waals surface area contributed by atoms with Crippen molar-refractivity contribution in [2.75, 3.05) is 13.7 Å². The quantitative estimate of drug-likeness (QED) is 0.678. The van der Waals surface area contributed by atoms with Crippen LogP contribution in [0.5, 0.6) is 11.5 Å². The summed E-state index contributed by atoms with van der Waals surface area (Å²) < 4.78 is 11.9. The summed E-state index contributed by atoms with van der Waals surface area (Å²) >= 11 is 3.55. The Balaban J connectivity index is 1.75. The van der Waals surface area contributed by atoms with Crippen LogP contribution in [-0.4, -0.2) is 25.4 Å². The van der Waals surface area contributed by atoms with Crippen molar-refractivity contribution in [3.8, 4) is 11.5 Å². The van der Waals surface area contributed by atoms with Gasteiger partial charge in [0.25, 0.3) is 0 Å². The second-order valence-electron chi connectivity index (χ2n) is 7.60. The van der Waals surface area contributed by atoms with Crippen LogP contribution in [0.25, 0.3) is 0 Å². The molecule has 156 valence electrons. The molecule has 1 aliphatic heterocycles. The number of hydrogen-bond donors (Lipinski definition) is 1. The van der Waals surface area contributed by atoms with Crippen molar-refractivity contribution < 1.29 is 19.1 Å². The highest BCUT2D eigenvalue weighted by Crippen LogP contribution is 2.45. The topological polar surface area (TPSA) is 64.6 Å². The molecular formula is C24H24BrNO4. The number of rotatable bonds is 5. The average Bonchev–Trinajstić information content (AvgIpc) is 2.73. The molecule has 0 fully saturated rings. The van der Waals surface area contributed by atoms with Gasteiger partial charge in [-0.25, -0.2) is 0 Å². The van der Waals surface area contributed by atoms with E-state index in [0.29, 0.717) is 30.9 Å². The Bertz CT molecular complexity index is 1020. The zero-order valence-electron chi connectivity index (χ0n) is 17.0. The van der Waals surface area contributed by atoms with E-state index in [-0.39, 0.29) is 29.9 Å². The third-order valence-corrected chi connectivity index (χ3v) is 6.33. The molecule has 0 radical (unpaired) electrons. The summed E-state index contributed by atoms with van der Waals surface area (Å²) in [4.78, 5) is 25.8. The molecule has 0 spiro atoms. The van der Waals surface area contributed by atoms with Gasteiger partial charge in [0.05, 0.1) is 18.2 Å². The number of carbonyl (C=O) groups excluding carboxylic acids is 2. The van der Waals surface area contributed by atoms with Crippen LogP contribution in [0.15, 0.2) is 58.2 Å². The Morgan fingerprint density at radius 1 is 1.07 bits per heavy atom. The molecular weight excluding hydrogens is 446 g/mol. The normalized spacial score (nSPS) is 21.2. The van der Waals surface area contributed by atoms with Crippen molar-refractivity contribution in [3.63, 3.8) is 0 Å². The number of carbonyl (C=O) groups is 2. The van der Waals surface area contributed by atoms with Gasteiger partial charge in [0, 0.05) is 30.0 Å². The van der Waals surface area contributed by atoms with E-state index in [2.05, 4.69) is 21.2 Å². The minimum Gasteiger partial charge on any atom is -0.492 e. The predicted octanol–water partition coefficient (Wildman–Crippen LogP) is 4.86. The van der Waals surface area contributed by atoms with Crippen LogP contribution in [0.3, 0.4) is 0 Å². The van der Waals surface area contributed by atoms with E-state index < -0.39 is 0 Å². The van der Waals surface area contributed by atoms with Gasteiger partial charge < -0.3 is 14.8 Å². The Morgan fingerprint density at radius 3 is 2.53 bits per heavy atom. The second-order valence-corrected chi connectivity index (χ2v) is 8.46. The Labute approximate surface area is 184 Å². The van der Waals surface area contributed by atoms with E-state index >= 15 is 0 Å². The molecule has 0 saturated heterocycles. The number of allylic oxidation sites excluding steroid dienone is 2. The fraction of sp³-hybridized carbons (Fsp3) is 0.333. The summed E-state index contributed by atoms with van der Waals surface area (Å²) in [5.74, 6) is 1.03. The first-order valence-corrected chi connectivity index (χ1v) is 10.9. The smallest absolute Gasteiger partial charge is 0.225 e. The summed E-state index contributed by atoms with van der Waals surface area (Å²) in [6.45, 7) is 2.39. The average molecular weight is 470 g/mol. The maximum Gasteiger partial charge on any atom is 0.225 e. The number of Topliss-reactive ketones (excluding diaryl/α,β-unsaturated/α-hetero) is 1. The number of ketones is 1. The molecule has 1 amide bonds. The summed E-state index contributed by atoms with van der Waals surface area (Å²) in [6, 6.07) is 13.8. The maximum atomic E-state index is 13.2. The number of ether oxygens (including phenoxy) is 2. The van der Waals surface area contributed by atoms with Gasteiger partial charge in [0.1, 0.15) is 0 Å². The lowest BCUT2D eigenvalue weighted by Crippen LogP contribution is -2.38. The fourth-order valence-electron chi connectivity index (χ4n) is 4.46. The van der Waals surface area contributed by atoms with Crippen molar-refractivity contribution in [2.45, 2.75) is 38.0 Å². The van der Waals surface area contributed by atoms with Gasteiger partial charge in [-0.05, 0) is 58.5 Å². The highest BCUT2D eigenvalue weighted by Gasteiger charge is 2.38. The molecule has 4 rings (SSSR count). The summed E-state index contributed by atoms with van der Waals surface area (Å²) in [5, 5.41) is 2.98. The van der Waals surface area contributed by atoms with Crippen LogP contribution in [0.1, 0.15) is 49.1 Å². The lowest BCUT2D eigenvalue weighted by atomic mass is 9.73. The highest BCUT2D eigenvalue weighted by molar-refractivity contribution is 9.10. The monoisotopic (exact) mass is 469 g/mol. The number of halogens is 1. The minimum atomic E-state index is -0.292. The molecule has 0 bridgehead atoms. The third kappa shape index (κ3) is 3.88. The second kappa shape index (κ2) is 8.64. The van der Waals surface area contributed by atoms with Crippen molar-refractivity contribution in [2.24, 2.45) is 0 Å². The third-order valence-electron chi connectivity index (χ3n) is 5.75. The van der Waals surface area contributed by atoms with E-state index in [4.69, 9.17) is 9.47 Å². The molecule has 2 aromatic carbocycles. The first kappa shape index (κ1) is 20.7. The fourth-order valence-corrected chi connectivity index (χ4v) is 5.08. The molecule has 1 N–H and O–H groups in total. The SMILES string of the molecule is CCOc1cc(C2CC(=O)NC3=C2C(=O)CC(c2ccccc2)C3)cc(Br)c1OC. The molecule has 1 aliphatic carbocycles. The van der Waals surface area contributed by atoms with Crippen LogP contribution >= 0.6 is 15.9 Å². The van der Waals surface area contributed by atoms with Gasteiger partial charge in [0.2, 0.25) is 5.91 Å². The van der Waals surface area contributed by atoms with Crippen LogP contribution in [0, 0.1) is 0 Å². The van der Waals surface area contributed by atoms with Crippen molar-refractivity contribution in [1.82, 2.24) is 5.32 Å². The molecule has 2 aliphatic rings. The zero-order chi connectivity index (χ0) is 21.3. The van der Waals surface area contributed by atoms with Gasteiger partial charge in [0.15, 0.2) is 17.3 Å². The van der Waals surface area contributed by atoms with Crippen LogP contribution in [0.4, 0.5) is 0 Å². The molecule has 6 heteroatoms. The van der Waals surface area contributed by atoms with Crippen molar-refractivity contribution in [3.05, 3.63) is 69.3 Å². The van der Waals surface area contributed by atoms with E-state index in [1.807, 2.05) is 49.4 Å². The minimum absolute atomic E-state index is 0.0647. The van der Waals surface area contributed by atoms with E-state index in [0.717, 1.165) is 26.9 Å². The predicted molar refractivity (Wildman–Crippen MR) is 118 cm³/mol. The molecule has 0 saturated carbocycles. The Morgan fingerprint density at radius 2 is 1.83 bits per heavy atom. The van der Waals surface area contributed by atoms with E-state index in [1.54, 1.807) is 7.11 Å². The first-order chi connectivity index (χ1) is 14.5. The van der Waals surface area contributed by atoms with Crippen LogP contribution in [-0.2, 0) is 9.59 Å². The van der Waals surface area contributed by atoms with Gasteiger partial charge in [-0.2, -0.15) is 0 Å². The number of benzene rings is 2. The first-order valence-electron chi connectivity index (χ1n) is 10.1. The van der Waals surface area contributed by atoms with Crippen LogP contribution in [0.2, 0.25) is 0 Å². The van der Waals surface area contributed by atoms with Crippen LogP contribution < -0.4 is 14.8 Å². The summed E-state index contributed by atoms with van der Waals surface area (Å²) in [7, 11) is 1.59. The summed E-state index contributed by atoms with van der Waals surface area (Å²) in [5.41, 5.74) is 3.48. The molecule has 0 aromatic heterocycles. The van der Waals surface area contributed by atoms with Gasteiger partial charge in [-0.1, -0.05) is 30.3 Å². The van der Waals surface area contributed by atoms with Gasteiger partial charge >= 0.3 is 0 Å². The lowest BCUT2D eigenvalue weighted by Gasteiger charge is -2.34. The number of nitrogens with one attached hydrogen (secondary N) is 1. The van der Waals surface area contributed by atoms with Gasteiger partial charge in [-0.15, -0.1) is 0 Å². The molecule has 2 aromatic rings. The molecule has 2 atom stereocenters.